The average molecular weight is 408 g/mol. The number of carbonyl (C=O) groups is 2. The van der Waals surface area contributed by atoms with Gasteiger partial charge in [0.15, 0.2) is 17.6 Å². The molecule has 0 bridgehead atoms. The molecule has 0 radical (unpaired) electrons. The molecule has 2 aromatic carbocycles. The molecular weight excluding hydrogens is 390 g/mol. The highest BCUT2D eigenvalue weighted by atomic mass is 35.5. The number of fused-ring (bicyclic) bond motifs is 1. The van der Waals surface area contributed by atoms with E-state index in [1.807, 2.05) is 24.3 Å². The quantitative estimate of drug-likeness (QED) is 0.560. The van der Waals surface area contributed by atoms with Crippen LogP contribution in [0.2, 0.25) is 5.02 Å². The summed E-state index contributed by atoms with van der Waals surface area (Å²) in [5, 5.41) is 3.31. The molecule has 3 rings (SSSR count). The summed E-state index contributed by atoms with van der Waals surface area (Å²) in [7, 11) is 0. The molecule has 0 aromatic heterocycles. The highest BCUT2D eigenvalue weighted by Gasteiger charge is 2.19. The normalized spacial score (nSPS) is 13.1. The van der Waals surface area contributed by atoms with Crippen LogP contribution < -0.4 is 14.8 Å². The van der Waals surface area contributed by atoms with Gasteiger partial charge in [-0.3, -0.25) is 9.59 Å². The summed E-state index contributed by atoms with van der Waals surface area (Å²) < 4.78 is 15.7. The second-order valence-corrected chi connectivity index (χ2v) is 7.18. The molecule has 1 N–H and O–H groups in total. The smallest absolute Gasteiger partial charge is 0.317 e. The van der Waals surface area contributed by atoms with Gasteiger partial charge >= 0.3 is 5.97 Å². The summed E-state index contributed by atoms with van der Waals surface area (Å²) in [6.45, 7) is 2.03. The lowest BCUT2D eigenvalue weighted by atomic mass is 10.2. The van der Waals surface area contributed by atoms with Crippen molar-refractivity contribution in [2.24, 2.45) is 0 Å². The van der Waals surface area contributed by atoms with Gasteiger partial charge < -0.3 is 19.5 Å². The maximum Gasteiger partial charge on any atom is 0.317 e. The monoisotopic (exact) mass is 407 g/mol. The summed E-state index contributed by atoms with van der Waals surface area (Å²) >= 11 is 7.31. The zero-order valence-electron chi connectivity index (χ0n) is 14.6. The number of hydrogen-bond donors (Lipinski definition) is 1. The van der Waals surface area contributed by atoms with Gasteiger partial charge in [-0.15, -0.1) is 11.8 Å². The van der Waals surface area contributed by atoms with Crippen LogP contribution in [-0.4, -0.2) is 30.5 Å². The summed E-state index contributed by atoms with van der Waals surface area (Å²) in [5.74, 6) is 0.555. The zero-order valence-corrected chi connectivity index (χ0v) is 16.1. The zero-order chi connectivity index (χ0) is 19.2. The van der Waals surface area contributed by atoms with Gasteiger partial charge in [0, 0.05) is 11.4 Å². The van der Waals surface area contributed by atoms with Crippen molar-refractivity contribution < 1.29 is 23.8 Å². The molecule has 2 aromatic rings. The van der Waals surface area contributed by atoms with Crippen LogP contribution in [0.1, 0.15) is 12.5 Å². The van der Waals surface area contributed by atoms with Crippen molar-refractivity contribution in [2.75, 3.05) is 12.5 Å². The third-order valence-electron chi connectivity index (χ3n) is 3.76. The Morgan fingerprint density at radius 2 is 2.00 bits per heavy atom. The number of esters is 1. The first kappa shape index (κ1) is 19.4. The summed E-state index contributed by atoms with van der Waals surface area (Å²) in [6, 6.07) is 12.7. The van der Waals surface area contributed by atoms with Crippen molar-refractivity contribution in [3.8, 4) is 11.5 Å². The Bertz CT molecular complexity index is 845. The first-order valence-corrected chi connectivity index (χ1v) is 9.62. The highest BCUT2D eigenvalue weighted by Crippen LogP contribution is 2.32. The third kappa shape index (κ3) is 5.30. The van der Waals surface area contributed by atoms with E-state index in [0.29, 0.717) is 23.1 Å². The first-order chi connectivity index (χ1) is 13.0. The number of halogens is 1. The molecule has 1 aliphatic rings. The number of hydrogen-bond acceptors (Lipinski definition) is 6. The molecule has 0 spiro atoms. The fraction of sp³-hybridized carbons (Fsp3) is 0.263. The van der Waals surface area contributed by atoms with Crippen LogP contribution >= 0.6 is 23.4 Å². The predicted octanol–water partition coefficient (Wildman–Crippen LogP) is 3.41. The average Bonchev–Trinajstić information content (AvgIpc) is 3.13. The van der Waals surface area contributed by atoms with Gasteiger partial charge in [-0.05, 0) is 36.8 Å². The lowest BCUT2D eigenvalue weighted by molar-refractivity contribution is -0.152. The first-order valence-electron chi connectivity index (χ1n) is 8.26. The van der Waals surface area contributed by atoms with Gasteiger partial charge in [-0.1, -0.05) is 29.8 Å². The molecule has 0 saturated carbocycles. The van der Waals surface area contributed by atoms with E-state index in [0.717, 1.165) is 10.5 Å². The van der Waals surface area contributed by atoms with Gasteiger partial charge in [0.2, 0.25) is 6.79 Å². The Morgan fingerprint density at radius 3 is 2.81 bits per heavy atom. The number of thioether (sulfide) groups is 1. The fourth-order valence-electron chi connectivity index (χ4n) is 2.37. The van der Waals surface area contributed by atoms with Gasteiger partial charge in [-0.2, -0.15) is 0 Å². The molecule has 1 atom stereocenters. The Kier molecular flexibility index (Phi) is 6.47. The molecule has 0 aliphatic carbocycles. The number of nitrogens with one attached hydrogen (secondary N) is 1. The second-order valence-electron chi connectivity index (χ2n) is 5.76. The lowest BCUT2D eigenvalue weighted by Gasteiger charge is -2.14. The van der Waals surface area contributed by atoms with Crippen LogP contribution in [0.4, 0.5) is 0 Å². The molecule has 6 nitrogen and oxygen atoms in total. The van der Waals surface area contributed by atoms with Crippen LogP contribution in [0, 0.1) is 0 Å². The minimum Gasteiger partial charge on any atom is -0.454 e. The Labute approximate surface area is 166 Å². The summed E-state index contributed by atoms with van der Waals surface area (Å²) in [6.07, 6.45) is -0.890. The van der Waals surface area contributed by atoms with Crippen molar-refractivity contribution in [1.29, 1.82) is 0 Å². The van der Waals surface area contributed by atoms with E-state index in [1.54, 1.807) is 18.2 Å². The molecule has 1 unspecified atom stereocenters. The molecule has 0 fully saturated rings. The van der Waals surface area contributed by atoms with E-state index in [9.17, 15) is 9.59 Å². The third-order valence-corrected chi connectivity index (χ3v) is 5.25. The van der Waals surface area contributed by atoms with E-state index in [1.165, 1.54) is 18.7 Å². The number of amides is 1. The number of rotatable bonds is 7. The van der Waals surface area contributed by atoms with E-state index < -0.39 is 12.1 Å². The molecule has 27 heavy (non-hydrogen) atoms. The van der Waals surface area contributed by atoms with Crippen LogP contribution in [0.25, 0.3) is 0 Å². The Hall–Kier alpha value is -2.38. The number of carbonyl (C=O) groups excluding carboxylic acids is 2. The van der Waals surface area contributed by atoms with E-state index in [-0.39, 0.29) is 18.5 Å². The van der Waals surface area contributed by atoms with Crippen LogP contribution in [0.3, 0.4) is 0 Å². The maximum absolute atomic E-state index is 12.1. The Balaban J connectivity index is 1.43. The van der Waals surface area contributed by atoms with Gasteiger partial charge in [0.05, 0.1) is 10.8 Å². The van der Waals surface area contributed by atoms with E-state index in [2.05, 4.69) is 5.32 Å². The van der Waals surface area contributed by atoms with Crippen molar-refractivity contribution in [3.05, 3.63) is 53.1 Å². The molecule has 1 aliphatic heterocycles. The molecule has 0 saturated heterocycles. The van der Waals surface area contributed by atoms with E-state index >= 15 is 0 Å². The predicted molar refractivity (Wildman–Crippen MR) is 102 cm³/mol. The minimum absolute atomic E-state index is 0.0729. The molecule has 1 heterocycles. The largest absolute Gasteiger partial charge is 0.454 e. The SMILES string of the molecule is CC(OC(=O)CSc1ccccc1Cl)C(=O)NCc1ccc2c(c1)OCO2. The summed E-state index contributed by atoms with van der Waals surface area (Å²) in [4.78, 5) is 24.9. The maximum atomic E-state index is 12.1. The minimum atomic E-state index is -0.890. The second kappa shape index (κ2) is 9.01. The number of benzene rings is 2. The molecule has 142 valence electrons. The van der Waals surface area contributed by atoms with Crippen LogP contribution in [0.5, 0.6) is 11.5 Å². The van der Waals surface area contributed by atoms with Gasteiger partial charge in [0.25, 0.3) is 5.91 Å². The van der Waals surface area contributed by atoms with Gasteiger partial charge in [0.1, 0.15) is 0 Å². The number of ether oxygens (including phenoxy) is 3. The van der Waals surface area contributed by atoms with Crippen molar-refractivity contribution in [1.82, 2.24) is 5.32 Å². The fourth-order valence-corrected chi connectivity index (χ4v) is 3.39. The van der Waals surface area contributed by atoms with Crippen LogP contribution in [0.15, 0.2) is 47.4 Å². The molecular formula is C19H18ClNO5S. The van der Waals surface area contributed by atoms with E-state index in [4.69, 9.17) is 25.8 Å². The van der Waals surface area contributed by atoms with Crippen molar-refractivity contribution in [3.63, 3.8) is 0 Å². The van der Waals surface area contributed by atoms with Crippen molar-refractivity contribution in [2.45, 2.75) is 24.5 Å². The standard InChI is InChI=1S/C19H18ClNO5S/c1-12(26-18(22)10-27-17-5-3-2-4-14(17)20)19(23)21-9-13-6-7-15-16(8-13)25-11-24-15/h2-8,12H,9-11H2,1H3,(H,21,23). The highest BCUT2D eigenvalue weighted by molar-refractivity contribution is 8.00. The summed E-state index contributed by atoms with van der Waals surface area (Å²) in [5.41, 5.74) is 0.861. The van der Waals surface area contributed by atoms with Gasteiger partial charge in [-0.25, -0.2) is 0 Å². The van der Waals surface area contributed by atoms with Crippen LogP contribution in [-0.2, 0) is 20.9 Å². The Morgan fingerprint density at radius 1 is 1.22 bits per heavy atom. The molecule has 1 amide bonds. The topological polar surface area (TPSA) is 73.9 Å². The lowest BCUT2D eigenvalue weighted by Crippen LogP contribution is -2.35. The van der Waals surface area contributed by atoms with Crippen molar-refractivity contribution >= 4 is 35.2 Å². The molecule has 8 heteroatoms.